The molecule has 108 valence electrons. The number of nitrogens with one attached hydrogen (secondary N) is 1. The Morgan fingerprint density at radius 2 is 2.25 bits per heavy atom. The third kappa shape index (κ3) is 3.55. The molecule has 2 rings (SSSR count). The van der Waals surface area contributed by atoms with E-state index in [9.17, 15) is 4.39 Å². The molecule has 0 aliphatic rings. The number of hydrogen-bond donors (Lipinski definition) is 1. The van der Waals surface area contributed by atoms with Gasteiger partial charge in [-0.05, 0) is 25.1 Å². The van der Waals surface area contributed by atoms with Crippen molar-refractivity contribution < 1.29 is 4.39 Å². The topological polar surface area (TPSA) is 42.7 Å². The minimum absolute atomic E-state index is 0.143. The van der Waals surface area contributed by atoms with Gasteiger partial charge in [0.15, 0.2) is 0 Å². The van der Waals surface area contributed by atoms with Crippen LogP contribution < -0.4 is 5.32 Å². The van der Waals surface area contributed by atoms with E-state index in [1.54, 1.807) is 16.8 Å². The fourth-order valence-electron chi connectivity index (χ4n) is 2.08. The molecule has 0 aliphatic carbocycles. The zero-order chi connectivity index (χ0) is 14.5. The second-order valence-corrected chi connectivity index (χ2v) is 5.11. The van der Waals surface area contributed by atoms with Gasteiger partial charge in [0.1, 0.15) is 18.0 Å². The lowest BCUT2D eigenvalue weighted by atomic mass is 10.0. The van der Waals surface area contributed by atoms with Crippen LogP contribution in [0.3, 0.4) is 0 Å². The van der Waals surface area contributed by atoms with Crippen molar-refractivity contribution >= 4 is 11.6 Å². The molecule has 1 N–H and O–H groups in total. The number of hydrogen-bond acceptors (Lipinski definition) is 3. The first-order chi connectivity index (χ1) is 9.61. The smallest absolute Gasteiger partial charge is 0.138 e. The van der Waals surface area contributed by atoms with E-state index in [1.165, 1.54) is 12.4 Å². The first kappa shape index (κ1) is 14.9. The van der Waals surface area contributed by atoms with Gasteiger partial charge in [0.25, 0.3) is 0 Å². The number of aromatic nitrogens is 3. The fourth-order valence-corrected chi connectivity index (χ4v) is 2.24. The molecule has 2 aromatic rings. The van der Waals surface area contributed by atoms with Crippen molar-refractivity contribution in [2.45, 2.75) is 25.8 Å². The number of aryl methyl sites for hydroxylation is 1. The Kier molecular flexibility index (Phi) is 5.09. The molecule has 0 radical (unpaired) electrons. The van der Waals surface area contributed by atoms with E-state index in [4.69, 9.17) is 11.6 Å². The van der Waals surface area contributed by atoms with Crippen LogP contribution in [0.2, 0.25) is 5.02 Å². The van der Waals surface area contributed by atoms with Crippen LogP contribution in [0, 0.1) is 5.82 Å². The van der Waals surface area contributed by atoms with Gasteiger partial charge >= 0.3 is 0 Å². The van der Waals surface area contributed by atoms with Crippen molar-refractivity contribution in [3.63, 3.8) is 0 Å². The van der Waals surface area contributed by atoms with Crippen molar-refractivity contribution in [3.8, 4) is 0 Å². The Morgan fingerprint density at radius 1 is 1.45 bits per heavy atom. The van der Waals surface area contributed by atoms with Crippen LogP contribution in [-0.4, -0.2) is 21.3 Å². The van der Waals surface area contributed by atoms with Gasteiger partial charge < -0.3 is 5.32 Å². The predicted octanol–water partition coefficient (Wildman–Crippen LogP) is 2.89. The SMILES string of the molecule is CCCNC(Cc1ncnn1C)c1ccc(Cl)cc1F. The molecular formula is C14H18ClFN4. The molecule has 20 heavy (non-hydrogen) atoms. The van der Waals surface area contributed by atoms with Crippen molar-refractivity contribution in [1.29, 1.82) is 0 Å². The predicted molar refractivity (Wildman–Crippen MR) is 77.2 cm³/mol. The molecule has 0 fully saturated rings. The molecule has 0 spiro atoms. The van der Waals surface area contributed by atoms with E-state index in [2.05, 4.69) is 22.3 Å². The lowest BCUT2D eigenvalue weighted by Gasteiger charge is -2.19. The summed E-state index contributed by atoms with van der Waals surface area (Å²) in [6, 6.07) is 4.63. The van der Waals surface area contributed by atoms with Gasteiger partial charge in [0, 0.05) is 30.1 Å². The van der Waals surface area contributed by atoms with Crippen LogP contribution in [0.4, 0.5) is 4.39 Å². The summed E-state index contributed by atoms with van der Waals surface area (Å²) >= 11 is 5.81. The van der Waals surface area contributed by atoms with Gasteiger partial charge in [-0.25, -0.2) is 9.37 Å². The average molecular weight is 297 g/mol. The van der Waals surface area contributed by atoms with Gasteiger partial charge in [-0.15, -0.1) is 0 Å². The summed E-state index contributed by atoms with van der Waals surface area (Å²) in [7, 11) is 1.83. The van der Waals surface area contributed by atoms with Crippen LogP contribution in [-0.2, 0) is 13.5 Å². The number of benzene rings is 1. The minimum atomic E-state index is -0.298. The molecule has 1 atom stereocenters. The fraction of sp³-hybridized carbons (Fsp3) is 0.429. The van der Waals surface area contributed by atoms with Crippen LogP contribution in [0.15, 0.2) is 24.5 Å². The van der Waals surface area contributed by atoms with Gasteiger partial charge in [0.2, 0.25) is 0 Å². The summed E-state index contributed by atoms with van der Waals surface area (Å²) in [5.41, 5.74) is 0.603. The Labute approximate surface area is 123 Å². The maximum Gasteiger partial charge on any atom is 0.138 e. The Morgan fingerprint density at radius 3 is 2.85 bits per heavy atom. The second kappa shape index (κ2) is 6.81. The molecule has 0 bridgehead atoms. The van der Waals surface area contributed by atoms with Gasteiger partial charge in [-0.1, -0.05) is 24.6 Å². The standard InChI is InChI=1S/C14H18ClFN4/c1-3-6-17-13(8-14-18-9-19-20(14)2)11-5-4-10(15)7-12(11)16/h4-5,7,9,13,17H,3,6,8H2,1-2H3. The highest BCUT2D eigenvalue weighted by Crippen LogP contribution is 2.23. The van der Waals surface area contributed by atoms with Crippen LogP contribution in [0.1, 0.15) is 30.8 Å². The monoisotopic (exact) mass is 296 g/mol. The molecule has 0 amide bonds. The summed E-state index contributed by atoms with van der Waals surface area (Å²) in [6.07, 6.45) is 3.06. The van der Waals surface area contributed by atoms with Crippen molar-refractivity contribution in [2.24, 2.45) is 7.05 Å². The lowest BCUT2D eigenvalue weighted by molar-refractivity contribution is 0.481. The van der Waals surface area contributed by atoms with Crippen molar-refractivity contribution in [1.82, 2.24) is 20.1 Å². The summed E-state index contributed by atoms with van der Waals surface area (Å²) in [6.45, 7) is 2.88. The molecule has 1 aromatic carbocycles. The molecule has 1 unspecified atom stereocenters. The molecule has 0 saturated heterocycles. The van der Waals surface area contributed by atoms with Crippen molar-refractivity contribution in [3.05, 3.63) is 46.8 Å². The molecule has 1 aromatic heterocycles. The van der Waals surface area contributed by atoms with E-state index in [0.29, 0.717) is 17.0 Å². The number of rotatable bonds is 6. The first-order valence-electron chi connectivity index (χ1n) is 6.63. The second-order valence-electron chi connectivity index (χ2n) is 4.68. The highest BCUT2D eigenvalue weighted by Gasteiger charge is 2.18. The normalized spacial score (nSPS) is 12.6. The first-order valence-corrected chi connectivity index (χ1v) is 7.00. The maximum atomic E-state index is 14.1. The quantitative estimate of drug-likeness (QED) is 0.891. The Balaban J connectivity index is 2.24. The van der Waals surface area contributed by atoms with Crippen molar-refractivity contribution in [2.75, 3.05) is 6.54 Å². The molecule has 0 aliphatic heterocycles. The highest BCUT2D eigenvalue weighted by molar-refractivity contribution is 6.30. The summed E-state index contributed by atoms with van der Waals surface area (Å²) in [4.78, 5) is 4.20. The van der Waals surface area contributed by atoms with Gasteiger partial charge in [-0.2, -0.15) is 5.10 Å². The van der Waals surface area contributed by atoms with Crippen LogP contribution in [0.5, 0.6) is 0 Å². The Hall–Kier alpha value is -1.46. The maximum absolute atomic E-state index is 14.1. The number of nitrogens with zero attached hydrogens (tertiary/aromatic N) is 3. The highest BCUT2D eigenvalue weighted by atomic mass is 35.5. The lowest BCUT2D eigenvalue weighted by Crippen LogP contribution is -2.26. The molecule has 0 saturated carbocycles. The molecule has 4 nitrogen and oxygen atoms in total. The van der Waals surface area contributed by atoms with Gasteiger partial charge in [-0.3, -0.25) is 4.68 Å². The van der Waals surface area contributed by atoms with E-state index in [0.717, 1.165) is 18.8 Å². The largest absolute Gasteiger partial charge is 0.309 e. The van der Waals surface area contributed by atoms with E-state index < -0.39 is 0 Å². The van der Waals surface area contributed by atoms with E-state index in [-0.39, 0.29) is 11.9 Å². The van der Waals surface area contributed by atoms with Crippen LogP contribution in [0.25, 0.3) is 0 Å². The third-order valence-electron chi connectivity index (χ3n) is 3.17. The molecule has 1 heterocycles. The zero-order valence-electron chi connectivity index (χ0n) is 11.6. The van der Waals surface area contributed by atoms with Gasteiger partial charge in [0.05, 0.1) is 0 Å². The minimum Gasteiger partial charge on any atom is -0.309 e. The third-order valence-corrected chi connectivity index (χ3v) is 3.41. The van der Waals surface area contributed by atoms with Crippen LogP contribution >= 0.6 is 11.6 Å². The Bertz CT molecular complexity index is 570. The van der Waals surface area contributed by atoms with E-state index in [1.807, 2.05) is 7.05 Å². The summed E-state index contributed by atoms with van der Waals surface area (Å²) in [5.74, 6) is 0.515. The molecule has 6 heteroatoms. The zero-order valence-corrected chi connectivity index (χ0v) is 12.4. The average Bonchev–Trinajstić information content (AvgIpc) is 2.80. The summed E-state index contributed by atoms with van der Waals surface area (Å²) in [5, 5.41) is 7.79. The number of halogens is 2. The summed E-state index contributed by atoms with van der Waals surface area (Å²) < 4.78 is 15.8. The van der Waals surface area contributed by atoms with E-state index >= 15 is 0 Å². The molecular weight excluding hydrogens is 279 g/mol.